The standard InChI is InChI=1S/C25H25N5O4/c1-25(17-10-12-19(34-2)13-11-17)23(32)29(24(33)27-25)15-22(31)26-21-14-20(16-8-9-16)28-30(21)18-6-4-3-5-7-18/h3-7,10-14,16H,8-9,15H2,1-2H3,(H,26,31)(H,27,33). The fourth-order valence-corrected chi connectivity index (χ4v) is 4.12. The van der Waals surface area contributed by atoms with E-state index in [1.165, 1.54) is 0 Å². The lowest BCUT2D eigenvalue weighted by Crippen LogP contribution is -2.42. The topological polar surface area (TPSA) is 106 Å². The van der Waals surface area contributed by atoms with Gasteiger partial charge >= 0.3 is 6.03 Å². The number of rotatable bonds is 7. The summed E-state index contributed by atoms with van der Waals surface area (Å²) in [6, 6.07) is 17.6. The van der Waals surface area contributed by atoms with E-state index in [1.807, 2.05) is 36.4 Å². The number of anilines is 1. The average Bonchev–Trinajstić information content (AvgIpc) is 3.58. The number of methoxy groups -OCH3 is 1. The predicted octanol–water partition coefficient (Wildman–Crippen LogP) is 3.16. The molecule has 4 amide bonds. The molecule has 1 saturated heterocycles. The van der Waals surface area contributed by atoms with E-state index < -0.39 is 29.9 Å². The number of imide groups is 1. The van der Waals surface area contributed by atoms with Crippen LogP contribution in [0.5, 0.6) is 5.75 Å². The van der Waals surface area contributed by atoms with Gasteiger partial charge < -0.3 is 15.4 Å². The third kappa shape index (κ3) is 3.89. The molecule has 1 atom stereocenters. The van der Waals surface area contributed by atoms with E-state index in [1.54, 1.807) is 43.0 Å². The van der Waals surface area contributed by atoms with Gasteiger partial charge in [0.05, 0.1) is 18.5 Å². The van der Waals surface area contributed by atoms with Gasteiger partial charge in [0.2, 0.25) is 5.91 Å². The Bertz CT molecular complexity index is 1250. The van der Waals surface area contributed by atoms with E-state index in [-0.39, 0.29) is 0 Å². The maximum Gasteiger partial charge on any atom is 0.325 e. The molecule has 1 unspecified atom stereocenters. The molecule has 9 nitrogen and oxygen atoms in total. The van der Waals surface area contributed by atoms with Crippen molar-refractivity contribution in [2.45, 2.75) is 31.2 Å². The highest BCUT2D eigenvalue weighted by Crippen LogP contribution is 2.40. The molecule has 1 saturated carbocycles. The zero-order chi connectivity index (χ0) is 23.9. The number of urea groups is 1. The third-order valence-electron chi connectivity index (χ3n) is 6.24. The van der Waals surface area contributed by atoms with Crippen molar-refractivity contribution in [1.82, 2.24) is 20.0 Å². The van der Waals surface area contributed by atoms with E-state index in [9.17, 15) is 14.4 Å². The number of ether oxygens (including phenoxy) is 1. The molecule has 2 N–H and O–H groups in total. The van der Waals surface area contributed by atoms with Crippen LogP contribution in [-0.4, -0.2) is 46.2 Å². The molecule has 2 aliphatic rings. The SMILES string of the molecule is COc1ccc(C2(C)NC(=O)N(CC(=O)Nc3cc(C4CC4)nn3-c3ccccc3)C2=O)cc1. The van der Waals surface area contributed by atoms with Crippen LogP contribution < -0.4 is 15.4 Å². The van der Waals surface area contributed by atoms with Gasteiger partial charge in [0.25, 0.3) is 5.91 Å². The number of benzene rings is 2. The summed E-state index contributed by atoms with van der Waals surface area (Å²) in [5.74, 6) is 0.565. The van der Waals surface area contributed by atoms with Crippen molar-refractivity contribution >= 4 is 23.7 Å². The van der Waals surface area contributed by atoms with Gasteiger partial charge in [-0.25, -0.2) is 9.48 Å². The summed E-state index contributed by atoms with van der Waals surface area (Å²) < 4.78 is 6.84. The molecule has 9 heteroatoms. The minimum absolute atomic E-state index is 0.400. The molecule has 3 aromatic rings. The van der Waals surface area contributed by atoms with Crippen LogP contribution in [0.2, 0.25) is 0 Å². The van der Waals surface area contributed by atoms with Crippen molar-refractivity contribution in [2.75, 3.05) is 19.0 Å². The summed E-state index contributed by atoms with van der Waals surface area (Å²) >= 11 is 0. The molecular formula is C25H25N5O4. The van der Waals surface area contributed by atoms with Crippen molar-refractivity contribution in [2.24, 2.45) is 0 Å². The lowest BCUT2D eigenvalue weighted by molar-refractivity contribution is -0.133. The van der Waals surface area contributed by atoms with Crippen molar-refractivity contribution in [3.63, 3.8) is 0 Å². The first-order valence-corrected chi connectivity index (χ1v) is 11.1. The van der Waals surface area contributed by atoms with Crippen LogP contribution in [0.3, 0.4) is 0 Å². The molecule has 174 valence electrons. The predicted molar refractivity (Wildman–Crippen MR) is 125 cm³/mol. The maximum absolute atomic E-state index is 13.2. The molecule has 0 radical (unpaired) electrons. The Morgan fingerprint density at radius 2 is 1.85 bits per heavy atom. The van der Waals surface area contributed by atoms with Gasteiger partial charge in [-0.1, -0.05) is 30.3 Å². The second kappa shape index (κ2) is 8.33. The van der Waals surface area contributed by atoms with Crippen LogP contribution >= 0.6 is 0 Å². The molecule has 2 heterocycles. The Morgan fingerprint density at radius 1 is 1.15 bits per heavy atom. The van der Waals surface area contributed by atoms with Gasteiger partial charge in [0.1, 0.15) is 23.7 Å². The molecule has 1 aliphatic carbocycles. The molecule has 1 aliphatic heterocycles. The highest BCUT2D eigenvalue weighted by Gasteiger charge is 2.49. The zero-order valence-electron chi connectivity index (χ0n) is 18.9. The van der Waals surface area contributed by atoms with E-state index in [0.717, 1.165) is 29.1 Å². The quantitative estimate of drug-likeness (QED) is 0.528. The minimum atomic E-state index is -1.27. The van der Waals surface area contributed by atoms with E-state index >= 15 is 0 Å². The van der Waals surface area contributed by atoms with Crippen molar-refractivity contribution < 1.29 is 19.1 Å². The monoisotopic (exact) mass is 459 g/mol. The van der Waals surface area contributed by atoms with Crippen LogP contribution in [-0.2, 0) is 15.1 Å². The Morgan fingerprint density at radius 3 is 2.50 bits per heavy atom. The fraction of sp³-hybridized carbons (Fsp3) is 0.280. The first-order chi connectivity index (χ1) is 16.4. The van der Waals surface area contributed by atoms with E-state index in [0.29, 0.717) is 23.0 Å². The van der Waals surface area contributed by atoms with Crippen LogP contribution in [0, 0.1) is 0 Å². The van der Waals surface area contributed by atoms with Gasteiger partial charge in [-0.15, -0.1) is 0 Å². The highest BCUT2D eigenvalue weighted by molar-refractivity contribution is 6.10. The maximum atomic E-state index is 13.2. The Labute approximate surface area is 196 Å². The van der Waals surface area contributed by atoms with Crippen molar-refractivity contribution in [1.29, 1.82) is 0 Å². The van der Waals surface area contributed by atoms with Crippen molar-refractivity contribution in [3.05, 3.63) is 71.9 Å². The molecular weight excluding hydrogens is 434 g/mol. The fourth-order valence-electron chi connectivity index (χ4n) is 4.12. The number of carbonyl (C=O) groups excluding carboxylic acids is 3. The number of aromatic nitrogens is 2. The van der Waals surface area contributed by atoms with Crippen molar-refractivity contribution in [3.8, 4) is 11.4 Å². The molecule has 5 rings (SSSR count). The van der Waals surface area contributed by atoms with Gasteiger partial charge in [-0.05, 0) is 49.6 Å². The normalized spacial score (nSPS) is 19.8. The summed E-state index contributed by atoms with van der Waals surface area (Å²) in [5.41, 5.74) is 1.06. The average molecular weight is 460 g/mol. The summed E-state index contributed by atoms with van der Waals surface area (Å²) in [6.07, 6.45) is 2.15. The number of carbonyl (C=O) groups is 3. The first kappa shape index (κ1) is 21.7. The van der Waals surface area contributed by atoms with Crippen LogP contribution in [0.1, 0.15) is 36.9 Å². The third-order valence-corrected chi connectivity index (χ3v) is 6.24. The molecule has 2 aromatic carbocycles. The number of nitrogens with zero attached hydrogens (tertiary/aromatic N) is 3. The summed E-state index contributed by atoms with van der Waals surface area (Å²) in [5, 5.41) is 10.2. The number of hydrogen-bond donors (Lipinski definition) is 2. The van der Waals surface area contributed by atoms with Crippen LogP contribution in [0.4, 0.5) is 10.6 Å². The number of para-hydroxylation sites is 1. The Hall–Kier alpha value is -4.14. The van der Waals surface area contributed by atoms with Gasteiger partial charge in [0.15, 0.2) is 0 Å². The lowest BCUT2D eigenvalue weighted by atomic mass is 9.92. The summed E-state index contributed by atoms with van der Waals surface area (Å²) in [6.45, 7) is 1.22. The van der Waals surface area contributed by atoms with Gasteiger partial charge in [-0.2, -0.15) is 5.10 Å². The number of nitrogens with one attached hydrogen (secondary N) is 2. The second-order valence-corrected chi connectivity index (χ2v) is 8.70. The Kier molecular flexibility index (Phi) is 5.31. The Balaban J connectivity index is 1.34. The van der Waals surface area contributed by atoms with E-state index in [2.05, 4.69) is 15.7 Å². The summed E-state index contributed by atoms with van der Waals surface area (Å²) in [4.78, 5) is 39.7. The molecule has 1 aromatic heterocycles. The minimum Gasteiger partial charge on any atom is -0.497 e. The van der Waals surface area contributed by atoms with Gasteiger partial charge in [-0.3, -0.25) is 14.5 Å². The first-order valence-electron chi connectivity index (χ1n) is 11.1. The second-order valence-electron chi connectivity index (χ2n) is 8.70. The number of amides is 4. The largest absolute Gasteiger partial charge is 0.497 e. The molecule has 0 spiro atoms. The smallest absolute Gasteiger partial charge is 0.325 e. The van der Waals surface area contributed by atoms with Gasteiger partial charge in [0, 0.05) is 12.0 Å². The molecule has 2 fully saturated rings. The van der Waals surface area contributed by atoms with Crippen LogP contribution in [0.25, 0.3) is 5.69 Å². The number of hydrogen-bond acceptors (Lipinski definition) is 5. The summed E-state index contributed by atoms with van der Waals surface area (Å²) in [7, 11) is 1.55. The molecule has 0 bridgehead atoms. The molecule has 34 heavy (non-hydrogen) atoms. The zero-order valence-corrected chi connectivity index (χ0v) is 18.9. The van der Waals surface area contributed by atoms with E-state index in [4.69, 9.17) is 4.74 Å². The highest BCUT2D eigenvalue weighted by atomic mass is 16.5. The lowest BCUT2D eigenvalue weighted by Gasteiger charge is -2.22. The van der Waals surface area contributed by atoms with Crippen LogP contribution in [0.15, 0.2) is 60.7 Å².